The van der Waals surface area contributed by atoms with Crippen molar-refractivity contribution in [2.75, 3.05) is 5.32 Å². The molecule has 2 atom stereocenters. The highest BCUT2D eigenvalue weighted by Crippen LogP contribution is 2.23. The Labute approximate surface area is 125 Å². The molecule has 1 aromatic carbocycles. The smallest absolute Gasteiger partial charge is 0.389 e. The molecule has 0 fully saturated rings. The van der Waals surface area contributed by atoms with Crippen molar-refractivity contribution in [2.45, 2.75) is 32.2 Å². The van der Waals surface area contributed by atoms with E-state index in [0.717, 1.165) is 6.92 Å². The number of carbonyl (C=O) groups excluding carboxylic acids is 1. The van der Waals surface area contributed by atoms with Crippen molar-refractivity contribution in [3.05, 3.63) is 29.8 Å². The lowest BCUT2D eigenvalue weighted by Gasteiger charge is -2.20. The first kappa shape index (κ1) is 17.4. The summed E-state index contributed by atoms with van der Waals surface area (Å²) in [5.41, 5.74) is 6.46. The van der Waals surface area contributed by atoms with Crippen molar-refractivity contribution in [1.29, 1.82) is 0 Å². The highest BCUT2D eigenvalue weighted by atomic mass is 32.1. The number of nitrogens with two attached hydrogens (primary N) is 1. The number of thiocarbonyl (C=S) groups is 1. The average molecular weight is 320 g/mol. The van der Waals surface area contributed by atoms with Crippen LogP contribution in [-0.4, -0.2) is 29.3 Å². The minimum atomic E-state index is -4.51. The Morgan fingerprint density at radius 3 is 2.24 bits per heavy atom. The normalized spacial score (nSPS) is 14.3. The molecule has 0 radical (unpaired) electrons. The van der Waals surface area contributed by atoms with Gasteiger partial charge in [-0.3, -0.25) is 4.79 Å². The summed E-state index contributed by atoms with van der Waals surface area (Å²) in [5.74, 6) is -0.672. The fourth-order valence-corrected chi connectivity index (χ4v) is 1.54. The van der Waals surface area contributed by atoms with Crippen LogP contribution in [0.5, 0.6) is 0 Å². The van der Waals surface area contributed by atoms with Gasteiger partial charge in [0.05, 0.1) is 0 Å². The van der Waals surface area contributed by atoms with Gasteiger partial charge in [0.1, 0.15) is 11.1 Å². The number of benzene rings is 1. The summed E-state index contributed by atoms with van der Waals surface area (Å²) in [7, 11) is 0. The molecular weight excluding hydrogens is 305 g/mol. The maximum atomic E-state index is 12.3. The summed E-state index contributed by atoms with van der Waals surface area (Å²) >= 11 is 4.78. The Bertz CT molecular complexity index is 517. The monoisotopic (exact) mass is 320 g/mol. The zero-order valence-electron chi connectivity index (χ0n) is 11.4. The van der Waals surface area contributed by atoms with Gasteiger partial charge in [0, 0.05) is 11.3 Å². The molecule has 2 unspecified atom stereocenters. The average Bonchev–Trinajstić information content (AvgIpc) is 2.37. The second kappa shape index (κ2) is 6.86. The second-order valence-electron chi connectivity index (χ2n) is 4.39. The summed E-state index contributed by atoms with van der Waals surface area (Å²) in [6.07, 6.45) is -7.76. The van der Waals surface area contributed by atoms with E-state index < -0.39 is 24.3 Å². The second-order valence-corrected chi connectivity index (χ2v) is 4.83. The standard InChI is InChI=1S/C13H15F3N2O2S/c1-7(20-8(2)13(14,15)16)12(19)18-10-5-3-9(4-6-10)11(17)21/h3-8H,1-2H3,(H2,17,21)(H,18,19). The van der Waals surface area contributed by atoms with Crippen molar-refractivity contribution in [3.63, 3.8) is 0 Å². The molecule has 8 heteroatoms. The van der Waals surface area contributed by atoms with Crippen molar-refractivity contribution in [2.24, 2.45) is 5.73 Å². The number of alkyl halides is 3. The molecule has 0 spiro atoms. The van der Waals surface area contributed by atoms with Gasteiger partial charge in [0.25, 0.3) is 5.91 Å². The molecule has 116 valence electrons. The third-order valence-electron chi connectivity index (χ3n) is 2.68. The number of nitrogens with one attached hydrogen (secondary N) is 1. The Morgan fingerprint density at radius 1 is 1.29 bits per heavy atom. The van der Waals surface area contributed by atoms with Crippen LogP contribution >= 0.6 is 12.2 Å². The van der Waals surface area contributed by atoms with Gasteiger partial charge in [0.15, 0.2) is 6.10 Å². The van der Waals surface area contributed by atoms with Crippen molar-refractivity contribution in [1.82, 2.24) is 0 Å². The highest BCUT2D eigenvalue weighted by Gasteiger charge is 2.38. The zero-order valence-corrected chi connectivity index (χ0v) is 12.2. The maximum absolute atomic E-state index is 12.3. The van der Waals surface area contributed by atoms with E-state index in [1.54, 1.807) is 24.3 Å². The quantitative estimate of drug-likeness (QED) is 0.819. The molecule has 1 amide bonds. The van der Waals surface area contributed by atoms with Crippen LogP contribution in [0.25, 0.3) is 0 Å². The first-order chi connectivity index (χ1) is 9.61. The van der Waals surface area contributed by atoms with Gasteiger partial charge < -0.3 is 15.8 Å². The van der Waals surface area contributed by atoms with Gasteiger partial charge in [0.2, 0.25) is 0 Å². The molecule has 1 rings (SSSR count). The fraction of sp³-hybridized carbons (Fsp3) is 0.385. The lowest BCUT2D eigenvalue weighted by Crippen LogP contribution is -2.37. The molecule has 0 aliphatic rings. The van der Waals surface area contributed by atoms with Gasteiger partial charge in [-0.1, -0.05) is 12.2 Å². The van der Waals surface area contributed by atoms with Crippen LogP contribution in [0.2, 0.25) is 0 Å². The number of rotatable bonds is 5. The van der Waals surface area contributed by atoms with Crippen LogP contribution in [0.4, 0.5) is 18.9 Å². The summed E-state index contributed by atoms with van der Waals surface area (Å²) < 4.78 is 41.7. The molecule has 0 aliphatic heterocycles. The predicted molar refractivity (Wildman–Crippen MR) is 77.0 cm³/mol. The first-order valence-electron chi connectivity index (χ1n) is 6.04. The van der Waals surface area contributed by atoms with Crippen LogP contribution in [0, 0.1) is 0 Å². The van der Waals surface area contributed by atoms with E-state index in [-0.39, 0.29) is 4.99 Å². The van der Waals surface area contributed by atoms with E-state index in [1.165, 1.54) is 6.92 Å². The number of anilines is 1. The fourth-order valence-electron chi connectivity index (χ4n) is 1.41. The van der Waals surface area contributed by atoms with Crippen LogP contribution in [-0.2, 0) is 9.53 Å². The Hall–Kier alpha value is -1.67. The van der Waals surface area contributed by atoms with E-state index in [4.69, 9.17) is 18.0 Å². The largest absolute Gasteiger partial charge is 0.414 e. The third-order valence-corrected chi connectivity index (χ3v) is 2.91. The Balaban J connectivity index is 2.62. The number of amides is 1. The van der Waals surface area contributed by atoms with Crippen molar-refractivity contribution >= 4 is 28.8 Å². The molecular formula is C13H15F3N2O2S. The minimum Gasteiger partial charge on any atom is -0.389 e. The van der Waals surface area contributed by atoms with Crippen molar-refractivity contribution < 1.29 is 22.7 Å². The topological polar surface area (TPSA) is 64.3 Å². The first-order valence-corrected chi connectivity index (χ1v) is 6.45. The summed E-state index contributed by atoms with van der Waals surface area (Å²) in [4.78, 5) is 12.0. The Kier molecular flexibility index (Phi) is 5.68. The number of hydrogen-bond donors (Lipinski definition) is 2. The number of halogens is 3. The van der Waals surface area contributed by atoms with Gasteiger partial charge in [-0.2, -0.15) is 13.2 Å². The minimum absolute atomic E-state index is 0.212. The molecule has 0 heterocycles. The van der Waals surface area contributed by atoms with Crippen LogP contribution in [0.15, 0.2) is 24.3 Å². The number of carbonyl (C=O) groups is 1. The van der Waals surface area contributed by atoms with E-state index in [2.05, 4.69) is 10.1 Å². The van der Waals surface area contributed by atoms with Gasteiger partial charge in [-0.05, 0) is 38.1 Å². The number of ether oxygens (including phenoxy) is 1. The predicted octanol–water partition coefficient (Wildman–Crippen LogP) is 2.62. The van der Waals surface area contributed by atoms with Gasteiger partial charge in [-0.25, -0.2) is 0 Å². The molecule has 3 N–H and O–H groups in total. The van der Waals surface area contributed by atoms with Crippen LogP contribution < -0.4 is 11.1 Å². The van der Waals surface area contributed by atoms with Gasteiger partial charge >= 0.3 is 6.18 Å². The molecule has 4 nitrogen and oxygen atoms in total. The van der Waals surface area contributed by atoms with E-state index in [9.17, 15) is 18.0 Å². The third kappa shape index (κ3) is 5.31. The lowest BCUT2D eigenvalue weighted by atomic mass is 10.2. The highest BCUT2D eigenvalue weighted by molar-refractivity contribution is 7.80. The SMILES string of the molecule is CC(OC(C)C(F)(F)F)C(=O)Nc1ccc(C(N)=S)cc1. The van der Waals surface area contributed by atoms with E-state index >= 15 is 0 Å². The Morgan fingerprint density at radius 2 is 1.81 bits per heavy atom. The molecule has 0 bridgehead atoms. The molecule has 0 aromatic heterocycles. The van der Waals surface area contributed by atoms with Crippen LogP contribution in [0.1, 0.15) is 19.4 Å². The van der Waals surface area contributed by atoms with E-state index in [0.29, 0.717) is 11.3 Å². The maximum Gasteiger partial charge on any atom is 0.414 e. The number of hydrogen-bond acceptors (Lipinski definition) is 3. The van der Waals surface area contributed by atoms with Crippen molar-refractivity contribution in [3.8, 4) is 0 Å². The van der Waals surface area contributed by atoms with E-state index in [1.807, 2.05) is 0 Å². The molecule has 0 saturated carbocycles. The molecule has 0 aliphatic carbocycles. The molecule has 1 aromatic rings. The lowest BCUT2D eigenvalue weighted by molar-refractivity contribution is -0.223. The molecule has 0 saturated heterocycles. The summed E-state index contributed by atoms with van der Waals surface area (Å²) in [6.45, 7) is 2.10. The molecule has 21 heavy (non-hydrogen) atoms. The zero-order chi connectivity index (χ0) is 16.2. The summed E-state index contributed by atoms with van der Waals surface area (Å²) in [6, 6.07) is 6.29. The summed E-state index contributed by atoms with van der Waals surface area (Å²) in [5, 5.41) is 2.45. The van der Waals surface area contributed by atoms with Gasteiger partial charge in [-0.15, -0.1) is 0 Å². The van der Waals surface area contributed by atoms with Crippen LogP contribution in [0.3, 0.4) is 0 Å².